The van der Waals surface area contributed by atoms with Crippen molar-refractivity contribution in [2.24, 2.45) is 0 Å². The van der Waals surface area contributed by atoms with E-state index in [2.05, 4.69) is 26.6 Å². The van der Waals surface area contributed by atoms with Crippen molar-refractivity contribution in [3.63, 3.8) is 0 Å². The van der Waals surface area contributed by atoms with E-state index in [9.17, 15) is 18.0 Å². The van der Waals surface area contributed by atoms with Gasteiger partial charge in [0.15, 0.2) is 0 Å². The second-order valence-corrected chi connectivity index (χ2v) is 8.42. The normalized spacial score (nSPS) is 12.8. The van der Waals surface area contributed by atoms with Gasteiger partial charge >= 0.3 is 0 Å². The maximum Gasteiger partial charge on any atom is 0.253 e. The van der Waals surface area contributed by atoms with E-state index in [-0.39, 0.29) is 16.4 Å². The molecule has 0 unspecified atom stereocenters. The molecule has 1 aromatic carbocycles. The lowest BCUT2D eigenvalue weighted by molar-refractivity contribution is -0.122. The fourth-order valence-electron chi connectivity index (χ4n) is 1.79. The zero-order valence-electron chi connectivity index (χ0n) is 14.1. The number of nitrogens with one attached hydrogen (secondary N) is 2. The van der Waals surface area contributed by atoms with E-state index in [1.165, 1.54) is 32.3 Å². The van der Waals surface area contributed by atoms with Crippen LogP contribution in [-0.2, 0) is 14.8 Å². The molecule has 0 aliphatic rings. The molecule has 0 fully saturated rings. The van der Waals surface area contributed by atoms with Gasteiger partial charge in [-0.3, -0.25) is 9.59 Å². The summed E-state index contributed by atoms with van der Waals surface area (Å²) in [5.74, 6) is -0.824. The van der Waals surface area contributed by atoms with Crippen LogP contribution in [0.15, 0.2) is 27.6 Å². The van der Waals surface area contributed by atoms with Gasteiger partial charge in [0.1, 0.15) is 6.04 Å². The Morgan fingerprint density at radius 2 is 1.92 bits per heavy atom. The first-order valence-electron chi connectivity index (χ1n) is 7.42. The summed E-state index contributed by atoms with van der Waals surface area (Å²) in [5, 5.41) is 5.25. The lowest BCUT2D eigenvalue weighted by Gasteiger charge is -2.16. The Labute approximate surface area is 151 Å². The van der Waals surface area contributed by atoms with Crippen molar-refractivity contribution < 1.29 is 18.0 Å². The number of hydrogen-bond acceptors (Lipinski definition) is 4. The van der Waals surface area contributed by atoms with Gasteiger partial charge in [-0.1, -0.05) is 6.92 Å². The van der Waals surface area contributed by atoms with Gasteiger partial charge in [-0.15, -0.1) is 0 Å². The summed E-state index contributed by atoms with van der Waals surface area (Å²) in [6.07, 6.45) is 0.794. The lowest BCUT2D eigenvalue weighted by atomic mass is 10.2. The van der Waals surface area contributed by atoms with Gasteiger partial charge in [-0.2, -0.15) is 0 Å². The van der Waals surface area contributed by atoms with Gasteiger partial charge in [0.25, 0.3) is 5.91 Å². The number of hydrogen-bond donors (Lipinski definition) is 2. The quantitative estimate of drug-likeness (QED) is 0.696. The van der Waals surface area contributed by atoms with E-state index in [0.717, 1.165) is 10.7 Å². The molecule has 134 valence electrons. The van der Waals surface area contributed by atoms with Crippen molar-refractivity contribution in [2.75, 3.05) is 20.6 Å². The molecule has 2 N–H and O–H groups in total. The number of amides is 2. The van der Waals surface area contributed by atoms with Crippen LogP contribution in [-0.4, -0.2) is 51.2 Å². The maximum atomic E-state index is 12.4. The highest BCUT2D eigenvalue weighted by Gasteiger charge is 2.22. The zero-order chi connectivity index (χ0) is 18.5. The zero-order valence-corrected chi connectivity index (χ0v) is 16.5. The van der Waals surface area contributed by atoms with E-state index in [0.29, 0.717) is 11.0 Å². The summed E-state index contributed by atoms with van der Waals surface area (Å²) >= 11 is 3.23. The van der Waals surface area contributed by atoms with Crippen molar-refractivity contribution in [2.45, 2.75) is 31.2 Å². The third kappa shape index (κ3) is 5.02. The molecular weight excluding hydrogens is 398 g/mol. The smallest absolute Gasteiger partial charge is 0.253 e. The van der Waals surface area contributed by atoms with Crippen LogP contribution in [0.25, 0.3) is 0 Å². The summed E-state index contributed by atoms with van der Waals surface area (Å²) in [5.41, 5.74) is 0.146. The molecule has 0 bridgehead atoms. The van der Waals surface area contributed by atoms with Crippen LogP contribution in [0.2, 0.25) is 0 Å². The maximum absolute atomic E-state index is 12.4. The van der Waals surface area contributed by atoms with E-state index in [1.54, 1.807) is 6.92 Å². The van der Waals surface area contributed by atoms with E-state index >= 15 is 0 Å². The van der Waals surface area contributed by atoms with Gasteiger partial charge in [-0.05, 0) is 47.5 Å². The Morgan fingerprint density at radius 1 is 1.29 bits per heavy atom. The second kappa shape index (κ2) is 8.59. The monoisotopic (exact) mass is 419 g/mol. The minimum Gasteiger partial charge on any atom is -0.354 e. The highest BCUT2D eigenvalue weighted by Crippen LogP contribution is 2.22. The van der Waals surface area contributed by atoms with Crippen LogP contribution in [0.4, 0.5) is 0 Å². The summed E-state index contributed by atoms with van der Waals surface area (Å²) in [7, 11) is -0.825. The summed E-state index contributed by atoms with van der Waals surface area (Å²) in [6, 6.07) is 3.46. The molecular formula is C15H22BrN3O4S. The summed E-state index contributed by atoms with van der Waals surface area (Å²) in [6.45, 7) is 4.02. The molecule has 1 atom stereocenters. The molecule has 0 saturated heterocycles. The molecule has 7 nitrogen and oxygen atoms in total. The SMILES string of the molecule is CCCNC(=O)[C@@H](C)NC(=O)c1cc(S(=O)(=O)N(C)C)ccc1Br. The van der Waals surface area contributed by atoms with Gasteiger partial charge in [0.2, 0.25) is 15.9 Å². The molecule has 0 aromatic heterocycles. The second-order valence-electron chi connectivity index (χ2n) is 5.42. The largest absolute Gasteiger partial charge is 0.354 e. The average Bonchev–Trinajstić information content (AvgIpc) is 2.52. The molecule has 0 heterocycles. The number of carbonyl (C=O) groups excluding carboxylic acids is 2. The van der Waals surface area contributed by atoms with E-state index < -0.39 is 22.0 Å². The van der Waals surface area contributed by atoms with Crippen LogP contribution >= 0.6 is 15.9 Å². The predicted molar refractivity (Wildman–Crippen MR) is 95.2 cm³/mol. The van der Waals surface area contributed by atoms with Crippen LogP contribution in [0.5, 0.6) is 0 Å². The first-order chi connectivity index (χ1) is 11.1. The van der Waals surface area contributed by atoms with Gasteiger partial charge in [-0.25, -0.2) is 12.7 Å². The predicted octanol–water partition coefficient (Wildman–Crippen LogP) is 1.34. The summed E-state index contributed by atoms with van der Waals surface area (Å²) in [4.78, 5) is 24.2. The van der Waals surface area contributed by atoms with Gasteiger partial charge < -0.3 is 10.6 Å². The third-order valence-electron chi connectivity index (χ3n) is 3.25. The molecule has 0 aliphatic carbocycles. The average molecular weight is 420 g/mol. The Hall–Kier alpha value is -1.45. The molecule has 1 aromatic rings. The molecule has 24 heavy (non-hydrogen) atoms. The highest BCUT2D eigenvalue weighted by atomic mass is 79.9. The number of sulfonamides is 1. The van der Waals surface area contributed by atoms with Crippen molar-refractivity contribution in [1.82, 2.24) is 14.9 Å². The minimum atomic E-state index is -3.65. The fourth-order valence-corrected chi connectivity index (χ4v) is 3.15. The Balaban J connectivity index is 3.01. The van der Waals surface area contributed by atoms with Crippen LogP contribution in [0.1, 0.15) is 30.6 Å². The minimum absolute atomic E-state index is 0.00365. The number of carbonyl (C=O) groups is 2. The van der Waals surface area contributed by atoms with Gasteiger partial charge in [0.05, 0.1) is 10.5 Å². The Morgan fingerprint density at radius 3 is 2.46 bits per heavy atom. The molecule has 2 amide bonds. The first kappa shape index (κ1) is 20.6. The van der Waals surface area contributed by atoms with Crippen LogP contribution < -0.4 is 10.6 Å². The summed E-state index contributed by atoms with van der Waals surface area (Å²) < 4.78 is 25.9. The lowest BCUT2D eigenvalue weighted by Crippen LogP contribution is -2.45. The molecule has 0 aliphatic heterocycles. The number of rotatable bonds is 7. The number of halogens is 1. The number of benzene rings is 1. The van der Waals surface area contributed by atoms with Crippen molar-refractivity contribution >= 4 is 37.8 Å². The third-order valence-corrected chi connectivity index (χ3v) is 5.75. The fraction of sp³-hybridized carbons (Fsp3) is 0.467. The van der Waals surface area contributed by atoms with Crippen molar-refractivity contribution in [3.8, 4) is 0 Å². The number of nitrogens with zero attached hydrogens (tertiary/aromatic N) is 1. The molecule has 0 saturated carbocycles. The topological polar surface area (TPSA) is 95.6 Å². The van der Waals surface area contributed by atoms with Crippen LogP contribution in [0, 0.1) is 0 Å². The molecule has 1 rings (SSSR count). The van der Waals surface area contributed by atoms with Gasteiger partial charge in [0, 0.05) is 25.1 Å². The molecule has 9 heteroatoms. The first-order valence-corrected chi connectivity index (χ1v) is 9.65. The Bertz CT molecular complexity index is 719. The van der Waals surface area contributed by atoms with Crippen molar-refractivity contribution in [3.05, 3.63) is 28.2 Å². The van der Waals surface area contributed by atoms with E-state index in [4.69, 9.17) is 0 Å². The van der Waals surface area contributed by atoms with Crippen molar-refractivity contribution in [1.29, 1.82) is 0 Å². The van der Waals surface area contributed by atoms with E-state index in [1.807, 2.05) is 6.92 Å². The Kier molecular flexibility index (Phi) is 7.37. The molecule has 0 spiro atoms. The standard InChI is InChI=1S/C15H22BrN3O4S/c1-5-8-17-14(20)10(2)18-15(21)12-9-11(6-7-13(12)16)24(22,23)19(3)4/h6-7,9-10H,5,8H2,1-4H3,(H,17,20)(H,18,21)/t10-/m1/s1. The molecule has 0 radical (unpaired) electrons. The van der Waals surface area contributed by atoms with Crippen LogP contribution in [0.3, 0.4) is 0 Å². The highest BCUT2D eigenvalue weighted by molar-refractivity contribution is 9.10.